The van der Waals surface area contributed by atoms with E-state index < -0.39 is 0 Å². The van der Waals surface area contributed by atoms with Crippen LogP contribution in [0, 0.1) is 5.82 Å². The first-order valence-corrected chi connectivity index (χ1v) is 7.02. The van der Waals surface area contributed by atoms with Crippen molar-refractivity contribution in [1.29, 1.82) is 0 Å². The molecule has 2 N–H and O–H groups in total. The lowest BCUT2D eigenvalue weighted by molar-refractivity contribution is -0.948. The zero-order valence-electron chi connectivity index (χ0n) is 11.1. The first-order valence-electron chi connectivity index (χ1n) is 6.64. The molecule has 1 saturated heterocycles. The molecule has 2 rings (SSSR count). The molecule has 1 aromatic rings. The van der Waals surface area contributed by atoms with Gasteiger partial charge in [0.2, 0.25) is 0 Å². The molecule has 2 nitrogen and oxygen atoms in total. The third-order valence-corrected chi connectivity index (χ3v) is 4.41. The minimum Gasteiger partial charge on any atom is -0.337 e. The molecule has 1 aliphatic rings. The van der Waals surface area contributed by atoms with Crippen molar-refractivity contribution < 1.29 is 14.2 Å². The van der Waals surface area contributed by atoms with Gasteiger partial charge in [-0.3, -0.25) is 0 Å². The Morgan fingerprint density at radius 1 is 1.39 bits per heavy atom. The van der Waals surface area contributed by atoms with E-state index in [4.69, 9.17) is 11.6 Å². The van der Waals surface area contributed by atoms with Crippen LogP contribution in [0.15, 0.2) is 18.2 Å². The van der Waals surface area contributed by atoms with Crippen LogP contribution < -0.4 is 9.80 Å². The van der Waals surface area contributed by atoms with Gasteiger partial charge in [-0.15, -0.1) is 0 Å². The van der Waals surface area contributed by atoms with Crippen molar-refractivity contribution in [3.05, 3.63) is 34.6 Å². The molecule has 0 bridgehead atoms. The van der Waals surface area contributed by atoms with E-state index in [-0.39, 0.29) is 5.82 Å². The van der Waals surface area contributed by atoms with Gasteiger partial charge >= 0.3 is 0 Å². The molecular weight excluding hydrogens is 251 g/mol. The Morgan fingerprint density at radius 3 is 2.67 bits per heavy atom. The molecule has 0 aromatic heterocycles. The smallest absolute Gasteiger partial charge is 0.133 e. The molecule has 0 spiro atoms. The topological polar surface area (TPSA) is 8.88 Å². The summed E-state index contributed by atoms with van der Waals surface area (Å²) in [5.41, 5.74) is 0.656. The molecule has 1 atom stereocenters. The van der Waals surface area contributed by atoms with Crippen LogP contribution in [0.3, 0.4) is 0 Å². The molecule has 1 aromatic carbocycles. The molecule has 0 amide bonds. The molecule has 1 unspecified atom stereocenters. The first-order chi connectivity index (χ1) is 8.58. The highest BCUT2D eigenvalue weighted by Crippen LogP contribution is 2.17. The maximum Gasteiger partial charge on any atom is 0.133 e. The fraction of sp³-hybridized carbons (Fsp3) is 0.571. The first kappa shape index (κ1) is 13.8. The largest absolute Gasteiger partial charge is 0.337 e. The van der Waals surface area contributed by atoms with Crippen LogP contribution in [-0.4, -0.2) is 33.2 Å². The van der Waals surface area contributed by atoms with Gasteiger partial charge in [-0.05, 0) is 12.1 Å². The van der Waals surface area contributed by atoms with Gasteiger partial charge in [-0.1, -0.05) is 17.7 Å². The number of quaternary nitrogens is 2. The second-order valence-corrected chi connectivity index (χ2v) is 5.86. The third kappa shape index (κ3) is 3.22. The quantitative estimate of drug-likeness (QED) is 0.776. The van der Waals surface area contributed by atoms with Crippen LogP contribution in [-0.2, 0) is 6.54 Å². The van der Waals surface area contributed by atoms with Gasteiger partial charge in [0, 0.05) is 12.8 Å². The summed E-state index contributed by atoms with van der Waals surface area (Å²) in [5, 5.41) is 0.549. The maximum atomic E-state index is 13.7. The summed E-state index contributed by atoms with van der Waals surface area (Å²) in [6.07, 6.45) is 2.42. The summed E-state index contributed by atoms with van der Waals surface area (Å²) in [5.74, 6) is -0.180. The highest BCUT2D eigenvalue weighted by atomic mass is 35.5. The second kappa shape index (κ2) is 6.00. The Hall–Kier alpha value is -0.640. The van der Waals surface area contributed by atoms with Crippen molar-refractivity contribution in [2.24, 2.45) is 0 Å². The Morgan fingerprint density at radius 2 is 2.06 bits per heavy atom. The minimum absolute atomic E-state index is 0.180. The van der Waals surface area contributed by atoms with E-state index in [2.05, 4.69) is 14.1 Å². The molecule has 0 radical (unpaired) electrons. The van der Waals surface area contributed by atoms with Crippen molar-refractivity contribution in [2.45, 2.75) is 25.4 Å². The number of piperidine rings is 1. The summed E-state index contributed by atoms with van der Waals surface area (Å²) in [7, 11) is 4.38. The van der Waals surface area contributed by atoms with Crippen LogP contribution in [0.1, 0.15) is 18.4 Å². The van der Waals surface area contributed by atoms with Crippen molar-refractivity contribution in [3.63, 3.8) is 0 Å². The predicted octanol–water partition coefficient (Wildman–Crippen LogP) is 0.171. The Labute approximate surface area is 113 Å². The maximum absolute atomic E-state index is 13.7. The molecule has 1 aliphatic heterocycles. The Balaban J connectivity index is 2.00. The molecule has 0 aliphatic carbocycles. The monoisotopic (exact) mass is 272 g/mol. The van der Waals surface area contributed by atoms with Gasteiger partial charge in [0.1, 0.15) is 12.4 Å². The van der Waals surface area contributed by atoms with Crippen LogP contribution >= 0.6 is 11.6 Å². The standard InChI is InChI=1S/C14H20ClFN2/c1-17-8-6-11(7-9-17)18(2)10-12-13(15)4-3-5-14(12)16/h3-5,11H,6-10H2,1-2H3/p+2. The lowest BCUT2D eigenvalue weighted by atomic mass is 10.0. The average molecular weight is 273 g/mol. The highest BCUT2D eigenvalue weighted by molar-refractivity contribution is 6.31. The van der Waals surface area contributed by atoms with Crippen molar-refractivity contribution in [3.8, 4) is 0 Å². The molecule has 1 fully saturated rings. The number of likely N-dealkylation sites (tertiary alicyclic amines) is 1. The summed E-state index contributed by atoms with van der Waals surface area (Å²) < 4.78 is 13.7. The van der Waals surface area contributed by atoms with E-state index in [0.717, 1.165) is 0 Å². The summed E-state index contributed by atoms with van der Waals surface area (Å²) in [4.78, 5) is 2.97. The number of halogens is 2. The van der Waals surface area contributed by atoms with Gasteiger partial charge in [0.15, 0.2) is 0 Å². The Kier molecular flexibility index (Phi) is 4.60. The van der Waals surface area contributed by atoms with Gasteiger partial charge in [-0.2, -0.15) is 0 Å². The van der Waals surface area contributed by atoms with Gasteiger partial charge in [0.25, 0.3) is 0 Å². The molecule has 4 heteroatoms. The van der Waals surface area contributed by atoms with E-state index in [0.29, 0.717) is 23.2 Å². The van der Waals surface area contributed by atoms with Gasteiger partial charge in [0.05, 0.1) is 43.8 Å². The zero-order chi connectivity index (χ0) is 13.1. The molecule has 0 saturated carbocycles. The van der Waals surface area contributed by atoms with Crippen LogP contribution in [0.25, 0.3) is 0 Å². The fourth-order valence-corrected chi connectivity index (χ4v) is 2.96. The van der Waals surface area contributed by atoms with Gasteiger partial charge in [-0.25, -0.2) is 4.39 Å². The van der Waals surface area contributed by atoms with Crippen LogP contribution in [0.5, 0.6) is 0 Å². The third-order valence-electron chi connectivity index (χ3n) is 4.05. The molecular formula is C14H22ClFN2+2. The Bertz CT molecular complexity index is 383. The lowest BCUT2D eigenvalue weighted by Crippen LogP contribution is -3.17. The lowest BCUT2D eigenvalue weighted by Gasteiger charge is -2.30. The average Bonchev–Trinajstić information content (AvgIpc) is 2.34. The van der Waals surface area contributed by atoms with Crippen LogP contribution in [0.2, 0.25) is 5.02 Å². The van der Waals surface area contributed by atoms with E-state index in [9.17, 15) is 4.39 Å². The minimum atomic E-state index is -0.180. The number of rotatable bonds is 3. The summed E-state index contributed by atoms with van der Waals surface area (Å²) >= 11 is 6.08. The van der Waals surface area contributed by atoms with Crippen molar-refractivity contribution >= 4 is 11.6 Å². The molecule has 100 valence electrons. The summed E-state index contributed by atoms with van der Waals surface area (Å²) in [6.45, 7) is 3.11. The SMILES string of the molecule is C[NH+]1CCC([NH+](C)Cc2c(F)cccc2Cl)CC1. The number of hydrogen-bond acceptors (Lipinski definition) is 0. The molecule has 1 heterocycles. The van der Waals surface area contributed by atoms with Crippen molar-refractivity contribution in [1.82, 2.24) is 0 Å². The van der Waals surface area contributed by atoms with E-state index >= 15 is 0 Å². The zero-order valence-corrected chi connectivity index (χ0v) is 11.9. The fourth-order valence-electron chi connectivity index (χ4n) is 2.73. The van der Waals surface area contributed by atoms with Crippen LogP contribution in [0.4, 0.5) is 4.39 Å². The highest BCUT2D eigenvalue weighted by Gasteiger charge is 2.27. The second-order valence-electron chi connectivity index (χ2n) is 5.45. The number of benzene rings is 1. The number of nitrogens with one attached hydrogen (secondary N) is 2. The number of hydrogen-bond donors (Lipinski definition) is 2. The normalized spacial score (nSPS) is 26.0. The predicted molar refractivity (Wildman–Crippen MR) is 71.6 cm³/mol. The van der Waals surface area contributed by atoms with E-state index in [1.165, 1.54) is 36.9 Å². The molecule has 18 heavy (non-hydrogen) atoms. The van der Waals surface area contributed by atoms with Gasteiger partial charge < -0.3 is 9.80 Å². The summed E-state index contributed by atoms with van der Waals surface area (Å²) in [6, 6.07) is 5.55. The van der Waals surface area contributed by atoms with Crippen molar-refractivity contribution in [2.75, 3.05) is 27.2 Å². The van der Waals surface area contributed by atoms with E-state index in [1.807, 2.05) is 0 Å². The van der Waals surface area contributed by atoms with E-state index in [1.54, 1.807) is 17.0 Å².